The van der Waals surface area contributed by atoms with Crippen LogP contribution >= 0.6 is 0 Å². The van der Waals surface area contributed by atoms with Crippen molar-refractivity contribution >= 4 is 12.0 Å². The molecule has 25 heavy (non-hydrogen) atoms. The fourth-order valence-corrected chi connectivity index (χ4v) is 2.49. The van der Waals surface area contributed by atoms with Gasteiger partial charge in [-0.1, -0.05) is 44.2 Å². The standard InChI is InChI=1S/C20H32N2O3/c1-7-22(18(24)25-19(2,3)4)14-13-21-17(23)15-20(5,6)16-11-9-8-10-12-16/h8-12H,7,13-15H2,1-6H3,(H,21,23). The Hall–Kier alpha value is -2.04. The van der Waals surface area contributed by atoms with Crippen molar-refractivity contribution in [3.63, 3.8) is 0 Å². The molecule has 1 aromatic rings. The number of ether oxygens (including phenoxy) is 1. The molecule has 5 heteroatoms. The van der Waals surface area contributed by atoms with Crippen LogP contribution in [-0.4, -0.2) is 42.1 Å². The molecule has 0 saturated carbocycles. The van der Waals surface area contributed by atoms with E-state index in [-0.39, 0.29) is 17.4 Å². The predicted octanol–water partition coefficient (Wildman–Crippen LogP) is 3.73. The van der Waals surface area contributed by atoms with Gasteiger partial charge < -0.3 is 15.0 Å². The van der Waals surface area contributed by atoms with E-state index in [0.29, 0.717) is 26.1 Å². The minimum atomic E-state index is -0.520. The second-order valence-corrected chi connectivity index (χ2v) is 7.84. The Balaban J connectivity index is 2.46. The van der Waals surface area contributed by atoms with Gasteiger partial charge in [-0.15, -0.1) is 0 Å². The summed E-state index contributed by atoms with van der Waals surface area (Å²) in [5.41, 5.74) is 0.378. The molecule has 0 fully saturated rings. The number of nitrogens with zero attached hydrogens (tertiary/aromatic N) is 1. The number of rotatable bonds is 7. The maximum Gasteiger partial charge on any atom is 0.410 e. The smallest absolute Gasteiger partial charge is 0.410 e. The Kier molecular flexibility index (Phi) is 7.46. The third-order valence-electron chi connectivity index (χ3n) is 3.90. The summed E-state index contributed by atoms with van der Waals surface area (Å²) >= 11 is 0. The lowest BCUT2D eigenvalue weighted by Crippen LogP contribution is -2.42. The van der Waals surface area contributed by atoms with Crippen molar-refractivity contribution in [2.75, 3.05) is 19.6 Å². The maximum absolute atomic E-state index is 12.3. The van der Waals surface area contributed by atoms with Crippen LogP contribution in [-0.2, 0) is 14.9 Å². The van der Waals surface area contributed by atoms with Crippen molar-refractivity contribution in [1.82, 2.24) is 10.2 Å². The number of carbonyl (C=O) groups excluding carboxylic acids is 2. The van der Waals surface area contributed by atoms with Crippen LogP contribution in [0, 0.1) is 0 Å². The van der Waals surface area contributed by atoms with E-state index in [1.165, 1.54) is 0 Å². The molecule has 0 radical (unpaired) electrons. The summed E-state index contributed by atoms with van der Waals surface area (Å²) in [7, 11) is 0. The van der Waals surface area contributed by atoms with E-state index >= 15 is 0 Å². The minimum absolute atomic E-state index is 0.0194. The van der Waals surface area contributed by atoms with Crippen LogP contribution in [0.25, 0.3) is 0 Å². The third kappa shape index (κ3) is 7.59. The topological polar surface area (TPSA) is 58.6 Å². The molecule has 0 bridgehead atoms. The first-order valence-electron chi connectivity index (χ1n) is 8.85. The molecular formula is C20H32N2O3. The maximum atomic E-state index is 12.3. The van der Waals surface area contributed by atoms with Gasteiger partial charge in [0.1, 0.15) is 5.60 Å². The lowest BCUT2D eigenvalue weighted by atomic mass is 9.81. The van der Waals surface area contributed by atoms with E-state index in [4.69, 9.17) is 4.74 Å². The van der Waals surface area contributed by atoms with E-state index in [1.807, 2.05) is 58.0 Å². The molecule has 1 rings (SSSR count). The van der Waals surface area contributed by atoms with Gasteiger partial charge >= 0.3 is 6.09 Å². The Morgan fingerprint density at radius 3 is 2.20 bits per heavy atom. The summed E-state index contributed by atoms with van der Waals surface area (Å²) in [4.78, 5) is 25.9. The molecule has 0 spiro atoms. The second kappa shape index (κ2) is 8.88. The van der Waals surface area contributed by atoms with Crippen LogP contribution in [0.5, 0.6) is 0 Å². The number of nitrogens with one attached hydrogen (secondary N) is 1. The zero-order valence-corrected chi connectivity index (χ0v) is 16.4. The summed E-state index contributed by atoms with van der Waals surface area (Å²) in [6.45, 7) is 12.9. The molecule has 1 N–H and O–H groups in total. The van der Waals surface area contributed by atoms with Crippen molar-refractivity contribution < 1.29 is 14.3 Å². The highest BCUT2D eigenvalue weighted by molar-refractivity contribution is 5.77. The summed E-state index contributed by atoms with van der Waals surface area (Å²) < 4.78 is 5.36. The monoisotopic (exact) mass is 348 g/mol. The van der Waals surface area contributed by atoms with Gasteiger partial charge in [0.15, 0.2) is 0 Å². The van der Waals surface area contributed by atoms with Gasteiger partial charge in [-0.3, -0.25) is 4.79 Å². The van der Waals surface area contributed by atoms with Gasteiger partial charge in [0.05, 0.1) is 0 Å². The van der Waals surface area contributed by atoms with Crippen molar-refractivity contribution in [1.29, 1.82) is 0 Å². The van der Waals surface area contributed by atoms with Crippen LogP contribution in [0.3, 0.4) is 0 Å². The third-order valence-corrected chi connectivity index (χ3v) is 3.90. The SMILES string of the molecule is CCN(CCNC(=O)CC(C)(C)c1ccccc1)C(=O)OC(C)(C)C. The molecule has 0 aliphatic carbocycles. The molecule has 140 valence electrons. The summed E-state index contributed by atoms with van der Waals surface area (Å²) in [6, 6.07) is 10.0. The van der Waals surface area contributed by atoms with Crippen LogP contribution in [0.15, 0.2) is 30.3 Å². The van der Waals surface area contributed by atoms with Crippen LogP contribution < -0.4 is 5.32 Å². The molecule has 0 heterocycles. The number of hydrogen-bond donors (Lipinski definition) is 1. The van der Waals surface area contributed by atoms with Gasteiger partial charge in [-0.05, 0) is 38.7 Å². The first kappa shape index (κ1) is 21.0. The molecule has 5 nitrogen and oxygen atoms in total. The molecule has 1 aromatic carbocycles. The first-order valence-corrected chi connectivity index (χ1v) is 8.85. The van der Waals surface area contributed by atoms with E-state index < -0.39 is 5.60 Å². The molecule has 0 aliphatic heterocycles. The van der Waals surface area contributed by atoms with E-state index in [0.717, 1.165) is 5.56 Å². The lowest BCUT2D eigenvalue weighted by Gasteiger charge is -2.27. The summed E-state index contributed by atoms with van der Waals surface area (Å²) in [5, 5.41) is 2.90. The Bertz CT molecular complexity index is 562. The fraction of sp³-hybridized carbons (Fsp3) is 0.600. The lowest BCUT2D eigenvalue weighted by molar-refractivity contribution is -0.122. The van der Waals surface area contributed by atoms with E-state index in [9.17, 15) is 9.59 Å². The highest BCUT2D eigenvalue weighted by atomic mass is 16.6. The van der Waals surface area contributed by atoms with Crippen molar-refractivity contribution in [3.8, 4) is 0 Å². The Morgan fingerprint density at radius 1 is 1.08 bits per heavy atom. The van der Waals surface area contributed by atoms with Gasteiger partial charge in [-0.25, -0.2) is 4.79 Å². The van der Waals surface area contributed by atoms with Gasteiger partial charge in [0.2, 0.25) is 5.91 Å². The zero-order chi connectivity index (χ0) is 19.1. The summed E-state index contributed by atoms with van der Waals surface area (Å²) in [6.07, 6.45) is 0.0455. The number of hydrogen-bond acceptors (Lipinski definition) is 3. The van der Waals surface area contributed by atoms with Crippen molar-refractivity contribution in [2.24, 2.45) is 0 Å². The van der Waals surface area contributed by atoms with Crippen molar-refractivity contribution in [2.45, 2.75) is 59.0 Å². The Labute approximate surface area is 151 Å². The minimum Gasteiger partial charge on any atom is -0.444 e. The zero-order valence-electron chi connectivity index (χ0n) is 16.4. The molecular weight excluding hydrogens is 316 g/mol. The number of amides is 2. The molecule has 2 amide bonds. The van der Waals surface area contributed by atoms with Gasteiger partial charge in [-0.2, -0.15) is 0 Å². The fourth-order valence-electron chi connectivity index (χ4n) is 2.49. The number of carbonyl (C=O) groups is 2. The van der Waals surface area contributed by atoms with Gasteiger partial charge in [0.25, 0.3) is 0 Å². The largest absolute Gasteiger partial charge is 0.444 e. The summed E-state index contributed by atoms with van der Waals surface area (Å²) in [5.74, 6) is -0.0194. The predicted molar refractivity (Wildman–Crippen MR) is 101 cm³/mol. The first-order chi connectivity index (χ1) is 11.5. The molecule has 0 aliphatic rings. The van der Waals surface area contributed by atoms with Crippen LogP contribution in [0.2, 0.25) is 0 Å². The number of likely N-dealkylation sites (N-methyl/N-ethyl adjacent to an activating group) is 1. The van der Waals surface area contributed by atoms with Crippen LogP contribution in [0.4, 0.5) is 4.79 Å². The second-order valence-electron chi connectivity index (χ2n) is 7.84. The van der Waals surface area contributed by atoms with Crippen molar-refractivity contribution in [3.05, 3.63) is 35.9 Å². The Morgan fingerprint density at radius 2 is 1.68 bits per heavy atom. The quantitative estimate of drug-likeness (QED) is 0.817. The number of benzene rings is 1. The highest BCUT2D eigenvalue weighted by Crippen LogP contribution is 2.26. The van der Waals surface area contributed by atoms with E-state index in [1.54, 1.807) is 4.90 Å². The average molecular weight is 348 g/mol. The highest BCUT2D eigenvalue weighted by Gasteiger charge is 2.24. The van der Waals surface area contributed by atoms with Gasteiger partial charge in [0, 0.05) is 26.1 Å². The molecule has 0 saturated heterocycles. The average Bonchev–Trinajstić information content (AvgIpc) is 2.50. The molecule has 0 aromatic heterocycles. The van der Waals surface area contributed by atoms with Crippen LogP contribution in [0.1, 0.15) is 53.5 Å². The molecule has 0 unspecified atom stereocenters. The molecule has 0 atom stereocenters. The van der Waals surface area contributed by atoms with E-state index in [2.05, 4.69) is 19.2 Å². The normalized spacial score (nSPS) is 11.8.